The van der Waals surface area contributed by atoms with Crippen molar-refractivity contribution in [1.82, 2.24) is 16.0 Å². The largest absolute Gasteiger partial charge is 0.357 e. The summed E-state index contributed by atoms with van der Waals surface area (Å²) in [6.07, 6.45) is 1.91. The van der Waals surface area contributed by atoms with Gasteiger partial charge in [0.05, 0.1) is 6.54 Å². The molecule has 0 unspecified atom stereocenters. The normalized spacial score (nSPS) is 11.2. The average Bonchev–Trinajstić information content (AvgIpc) is 3.18. The third-order valence-corrected chi connectivity index (χ3v) is 4.67. The van der Waals surface area contributed by atoms with Gasteiger partial charge in [-0.05, 0) is 48.9 Å². The lowest BCUT2D eigenvalue weighted by Crippen LogP contribution is -2.38. The summed E-state index contributed by atoms with van der Waals surface area (Å²) in [6, 6.07) is 11.9. The Hall–Kier alpha value is -2.34. The van der Waals surface area contributed by atoms with Crippen LogP contribution in [0.15, 0.2) is 46.8 Å². The molecule has 1 heterocycles. The minimum absolute atomic E-state index is 0.0290. The van der Waals surface area contributed by atoms with Gasteiger partial charge < -0.3 is 16.0 Å². The number of thiophene rings is 1. The molecule has 0 aliphatic rings. The number of amides is 1. The summed E-state index contributed by atoms with van der Waals surface area (Å²) in [5.74, 6) is 0.767. The molecule has 1 aromatic carbocycles. The minimum Gasteiger partial charge on any atom is -0.357 e. The van der Waals surface area contributed by atoms with Crippen LogP contribution in [0.1, 0.15) is 41.1 Å². The van der Waals surface area contributed by atoms with Crippen LogP contribution in [0.25, 0.3) is 0 Å². The van der Waals surface area contributed by atoms with Gasteiger partial charge in [0, 0.05) is 30.1 Å². The summed E-state index contributed by atoms with van der Waals surface area (Å²) in [5, 5.41) is 11.6. The maximum absolute atomic E-state index is 12.1. The van der Waals surface area contributed by atoms with E-state index in [1.54, 1.807) is 11.3 Å². The topological polar surface area (TPSA) is 65.5 Å². The standard InChI is InChI=1S/C20H28N4OS/c1-3-11-22-19(25)17-8-5-7-16(14-17)15-24-20(21-4-2)23-12-10-18-9-6-13-26-18/h5-9,13-14H,3-4,10-12,15H2,1-2H3,(H,22,25)(H2,21,23,24). The first kappa shape index (κ1) is 20.0. The quantitative estimate of drug-likeness (QED) is 0.468. The van der Waals surface area contributed by atoms with Gasteiger partial charge in [0.15, 0.2) is 5.96 Å². The molecule has 0 spiro atoms. The second kappa shape index (κ2) is 11.3. The van der Waals surface area contributed by atoms with E-state index in [0.717, 1.165) is 37.5 Å². The van der Waals surface area contributed by atoms with E-state index in [1.807, 2.05) is 31.2 Å². The molecule has 3 N–H and O–H groups in total. The Morgan fingerprint density at radius 3 is 2.69 bits per heavy atom. The second-order valence-corrected chi connectivity index (χ2v) is 6.94. The third kappa shape index (κ3) is 6.88. The van der Waals surface area contributed by atoms with Gasteiger partial charge in [0.1, 0.15) is 0 Å². The summed E-state index contributed by atoms with van der Waals surface area (Å²) < 4.78 is 0. The Morgan fingerprint density at radius 1 is 1.08 bits per heavy atom. The minimum atomic E-state index is -0.0290. The summed E-state index contributed by atoms with van der Waals surface area (Å²) in [6.45, 7) is 6.97. The molecule has 140 valence electrons. The van der Waals surface area contributed by atoms with E-state index in [1.165, 1.54) is 4.88 Å². The molecule has 0 fully saturated rings. The summed E-state index contributed by atoms with van der Waals surface area (Å²) in [5.41, 5.74) is 1.70. The predicted octanol–water partition coefficient (Wildman–Crippen LogP) is 3.19. The van der Waals surface area contributed by atoms with Gasteiger partial charge in [-0.25, -0.2) is 4.99 Å². The SMILES string of the molecule is CCCNC(=O)c1cccc(CN=C(NCC)NCCc2cccs2)c1. The number of rotatable bonds is 9. The number of benzene rings is 1. The fraction of sp³-hybridized carbons (Fsp3) is 0.400. The van der Waals surface area contributed by atoms with E-state index in [0.29, 0.717) is 18.7 Å². The monoisotopic (exact) mass is 372 g/mol. The van der Waals surface area contributed by atoms with Gasteiger partial charge in [0.2, 0.25) is 0 Å². The number of carbonyl (C=O) groups is 1. The van der Waals surface area contributed by atoms with Gasteiger partial charge >= 0.3 is 0 Å². The maximum atomic E-state index is 12.1. The Bertz CT molecular complexity index is 698. The van der Waals surface area contributed by atoms with Crippen LogP contribution in [-0.4, -0.2) is 31.5 Å². The molecule has 0 saturated carbocycles. The van der Waals surface area contributed by atoms with Crippen molar-refractivity contribution < 1.29 is 4.79 Å². The zero-order valence-corrected chi connectivity index (χ0v) is 16.4. The maximum Gasteiger partial charge on any atom is 0.251 e. The van der Waals surface area contributed by atoms with Crippen molar-refractivity contribution in [1.29, 1.82) is 0 Å². The Balaban J connectivity index is 1.91. The summed E-state index contributed by atoms with van der Waals surface area (Å²) >= 11 is 1.77. The molecule has 0 aliphatic heterocycles. The van der Waals surface area contributed by atoms with Crippen LogP contribution in [0.4, 0.5) is 0 Å². The van der Waals surface area contributed by atoms with E-state index in [4.69, 9.17) is 0 Å². The van der Waals surface area contributed by atoms with Crippen LogP contribution in [0, 0.1) is 0 Å². The molecule has 1 amide bonds. The van der Waals surface area contributed by atoms with Gasteiger partial charge in [-0.15, -0.1) is 11.3 Å². The number of carbonyl (C=O) groups excluding carboxylic acids is 1. The Morgan fingerprint density at radius 2 is 1.96 bits per heavy atom. The van der Waals surface area contributed by atoms with E-state index in [2.05, 4.69) is 45.4 Å². The highest BCUT2D eigenvalue weighted by Gasteiger charge is 2.05. The van der Waals surface area contributed by atoms with Crippen LogP contribution < -0.4 is 16.0 Å². The van der Waals surface area contributed by atoms with Crippen LogP contribution in [0.5, 0.6) is 0 Å². The highest BCUT2D eigenvalue weighted by molar-refractivity contribution is 7.09. The van der Waals surface area contributed by atoms with Crippen molar-refractivity contribution in [2.24, 2.45) is 4.99 Å². The van der Waals surface area contributed by atoms with Crippen LogP contribution >= 0.6 is 11.3 Å². The average molecular weight is 373 g/mol. The van der Waals surface area contributed by atoms with Crippen LogP contribution in [0.3, 0.4) is 0 Å². The van der Waals surface area contributed by atoms with Crippen molar-refractivity contribution >= 4 is 23.2 Å². The van der Waals surface area contributed by atoms with Crippen molar-refractivity contribution in [3.8, 4) is 0 Å². The number of aliphatic imine (C=N–C) groups is 1. The number of guanidine groups is 1. The van der Waals surface area contributed by atoms with E-state index in [-0.39, 0.29) is 5.91 Å². The molecule has 0 atom stereocenters. The van der Waals surface area contributed by atoms with E-state index < -0.39 is 0 Å². The number of hydrogen-bond donors (Lipinski definition) is 3. The Labute approximate surface area is 159 Å². The number of hydrogen-bond acceptors (Lipinski definition) is 3. The molecule has 0 saturated heterocycles. The molecular formula is C20H28N4OS. The number of nitrogens with zero attached hydrogens (tertiary/aromatic N) is 1. The molecule has 26 heavy (non-hydrogen) atoms. The van der Waals surface area contributed by atoms with E-state index in [9.17, 15) is 4.79 Å². The fourth-order valence-corrected chi connectivity index (χ4v) is 3.13. The lowest BCUT2D eigenvalue weighted by molar-refractivity contribution is 0.0953. The molecule has 5 nitrogen and oxygen atoms in total. The highest BCUT2D eigenvalue weighted by atomic mass is 32.1. The van der Waals surface area contributed by atoms with Crippen LogP contribution in [0.2, 0.25) is 0 Å². The third-order valence-electron chi connectivity index (χ3n) is 3.73. The van der Waals surface area contributed by atoms with Crippen molar-refractivity contribution in [2.75, 3.05) is 19.6 Å². The number of nitrogens with one attached hydrogen (secondary N) is 3. The Kier molecular flexibility index (Phi) is 8.69. The van der Waals surface area contributed by atoms with Gasteiger partial charge in [-0.3, -0.25) is 4.79 Å². The lowest BCUT2D eigenvalue weighted by atomic mass is 10.1. The van der Waals surface area contributed by atoms with Crippen molar-refractivity contribution in [2.45, 2.75) is 33.2 Å². The first-order valence-corrected chi connectivity index (χ1v) is 10.0. The lowest BCUT2D eigenvalue weighted by Gasteiger charge is -2.11. The highest BCUT2D eigenvalue weighted by Crippen LogP contribution is 2.08. The first-order chi connectivity index (χ1) is 12.7. The second-order valence-electron chi connectivity index (χ2n) is 5.91. The molecule has 6 heteroatoms. The van der Waals surface area contributed by atoms with Gasteiger partial charge in [-0.1, -0.05) is 25.1 Å². The van der Waals surface area contributed by atoms with E-state index >= 15 is 0 Å². The predicted molar refractivity (Wildman–Crippen MR) is 110 cm³/mol. The molecule has 0 aliphatic carbocycles. The molecule has 1 aromatic heterocycles. The molecule has 0 bridgehead atoms. The molecule has 2 rings (SSSR count). The van der Waals surface area contributed by atoms with Gasteiger partial charge in [-0.2, -0.15) is 0 Å². The molecular weight excluding hydrogens is 344 g/mol. The zero-order chi connectivity index (χ0) is 18.6. The van der Waals surface area contributed by atoms with Crippen LogP contribution in [-0.2, 0) is 13.0 Å². The van der Waals surface area contributed by atoms with Gasteiger partial charge in [0.25, 0.3) is 5.91 Å². The first-order valence-electron chi connectivity index (χ1n) is 9.14. The summed E-state index contributed by atoms with van der Waals surface area (Å²) in [7, 11) is 0. The molecule has 2 aromatic rings. The van der Waals surface area contributed by atoms with Crippen molar-refractivity contribution in [3.05, 3.63) is 57.8 Å². The summed E-state index contributed by atoms with van der Waals surface area (Å²) in [4.78, 5) is 18.1. The zero-order valence-electron chi connectivity index (χ0n) is 15.5. The fourth-order valence-electron chi connectivity index (χ4n) is 2.42. The molecule has 0 radical (unpaired) electrons. The van der Waals surface area contributed by atoms with Crippen molar-refractivity contribution in [3.63, 3.8) is 0 Å². The smallest absolute Gasteiger partial charge is 0.251 e.